The number of rotatable bonds is 6. The SMILES string of the molecule is O=C(c1cccc(-n2cccn2)c1)N(Cc1ccsc1)C[C@H]1CCCO1. The first-order valence-corrected chi connectivity index (χ1v) is 9.76. The lowest BCUT2D eigenvalue weighted by Gasteiger charge is -2.25. The van der Waals surface area contributed by atoms with Crippen molar-refractivity contribution in [3.63, 3.8) is 0 Å². The molecule has 5 nitrogen and oxygen atoms in total. The number of benzene rings is 1. The third-order valence-electron chi connectivity index (χ3n) is 4.55. The highest BCUT2D eigenvalue weighted by Crippen LogP contribution is 2.19. The highest BCUT2D eigenvalue weighted by atomic mass is 32.1. The maximum absolute atomic E-state index is 13.2. The number of nitrogens with zero attached hydrogens (tertiary/aromatic N) is 3. The summed E-state index contributed by atoms with van der Waals surface area (Å²) in [5, 5.41) is 8.39. The number of thiophene rings is 1. The van der Waals surface area contributed by atoms with Gasteiger partial charge in [0.15, 0.2) is 0 Å². The minimum absolute atomic E-state index is 0.0284. The maximum Gasteiger partial charge on any atom is 0.254 e. The van der Waals surface area contributed by atoms with Gasteiger partial charge in [-0.1, -0.05) is 6.07 Å². The molecule has 0 radical (unpaired) electrons. The molecule has 1 amide bonds. The van der Waals surface area contributed by atoms with Crippen LogP contribution in [0.3, 0.4) is 0 Å². The summed E-state index contributed by atoms with van der Waals surface area (Å²) in [7, 11) is 0. The fraction of sp³-hybridized carbons (Fsp3) is 0.300. The normalized spacial score (nSPS) is 16.7. The molecule has 0 unspecified atom stereocenters. The molecule has 1 fully saturated rings. The van der Waals surface area contributed by atoms with Crippen LogP contribution < -0.4 is 0 Å². The van der Waals surface area contributed by atoms with Crippen molar-refractivity contribution in [3.05, 3.63) is 70.7 Å². The topological polar surface area (TPSA) is 47.4 Å². The quantitative estimate of drug-likeness (QED) is 0.666. The molecule has 3 aromatic rings. The lowest BCUT2D eigenvalue weighted by atomic mass is 10.1. The van der Waals surface area contributed by atoms with E-state index < -0.39 is 0 Å². The van der Waals surface area contributed by atoms with E-state index in [2.05, 4.69) is 16.5 Å². The molecular formula is C20H21N3O2S. The molecule has 0 N–H and O–H groups in total. The average molecular weight is 367 g/mol. The Morgan fingerprint density at radius 1 is 1.35 bits per heavy atom. The van der Waals surface area contributed by atoms with Crippen LogP contribution in [0.4, 0.5) is 0 Å². The van der Waals surface area contributed by atoms with Crippen molar-refractivity contribution in [3.8, 4) is 5.69 Å². The van der Waals surface area contributed by atoms with Crippen LogP contribution in [-0.4, -0.2) is 39.8 Å². The van der Waals surface area contributed by atoms with Crippen LogP contribution in [0.1, 0.15) is 28.8 Å². The van der Waals surface area contributed by atoms with E-state index in [1.54, 1.807) is 22.2 Å². The second-order valence-electron chi connectivity index (χ2n) is 6.45. The summed E-state index contributed by atoms with van der Waals surface area (Å²) in [5.74, 6) is 0.0284. The van der Waals surface area contributed by atoms with Crippen molar-refractivity contribution in [1.29, 1.82) is 0 Å². The van der Waals surface area contributed by atoms with Crippen molar-refractivity contribution < 1.29 is 9.53 Å². The second kappa shape index (κ2) is 7.85. The van der Waals surface area contributed by atoms with Crippen molar-refractivity contribution in [1.82, 2.24) is 14.7 Å². The molecule has 134 valence electrons. The third-order valence-corrected chi connectivity index (χ3v) is 5.28. The number of carbonyl (C=O) groups is 1. The Morgan fingerprint density at radius 2 is 2.31 bits per heavy atom. The number of aromatic nitrogens is 2. The van der Waals surface area contributed by atoms with Crippen molar-refractivity contribution >= 4 is 17.2 Å². The van der Waals surface area contributed by atoms with Gasteiger partial charge in [-0.25, -0.2) is 4.68 Å². The molecule has 6 heteroatoms. The van der Waals surface area contributed by atoms with E-state index in [9.17, 15) is 4.79 Å². The number of ether oxygens (including phenoxy) is 1. The molecule has 1 aromatic carbocycles. The molecule has 26 heavy (non-hydrogen) atoms. The van der Waals surface area contributed by atoms with E-state index in [0.29, 0.717) is 18.7 Å². The number of hydrogen-bond acceptors (Lipinski definition) is 4. The fourth-order valence-corrected chi connectivity index (χ4v) is 3.90. The molecule has 1 aliphatic rings. The number of hydrogen-bond donors (Lipinski definition) is 0. The Kier molecular flexibility index (Phi) is 5.13. The molecule has 0 aliphatic carbocycles. The molecule has 3 heterocycles. The van der Waals surface area contributed by atoms with E-state index in [1.807, 2.05) is 46.8 Å². The van der Waals surface area contributed by atoms with Gasteiger partial charge in [-0.15, -0.1) is 0 Å². The zero-order valence-corrected chi connectivity index (χ0v) is 15.3. The molecule has 1 saturated heterocycles. The highest BCUT2D eigenvalue weighted by molar-refractivity contribution is 7.07. The van der Waals surface area contributed by atoms with Crippen LogP contribution in [-0.2, 0) is 11.3 Å². The number of amides is 1. The largest absolute Gasteiger partial charge is 0.376 e. The predicted octanol–water partition coefficient (Wildman–Crippen LogP) is 3.76. The van der Waals surface area contributed by atoms with E-state index >= 15 is 0 Å². The van der Waals surface area contributed by atoms with Crippen LogP contribution >= 0.6 is 11.3 Å². The smallest absolute Gasteiger partial charge is 0.254 e. The first-order valence-electron chi connectivity index (χ1n) is 8.81. The summed E-state index contributed by atoms with van der Waals surface area (Å²) < 4.78 is 7.53. The van der Waals surface area contributed by atoms with Crippen LogP contribution in [0.2, 0.25) is 0 Å². The monoisotopic (exact) mass is 367 g/mol. The van der Waals surface area contributed by atoms with Gasteiger partial charge in [0.25, 0.3) is 5.91 Å². The summed E-state index contributed by atoms with van der Waals surface area (Å²) in [4.78, 5) is 15.1. The molecule has 0 saturated carbocycles. The van der Waals surface area contributed by atoms with Crippen molar-refractivity contribution in [2.45, 2.75) is 25.5 Å². The van der Waals surface area contributed by atoms with E-state index in [0.717, 1.165) is 30.7 Å². The molecule has 4 rings (SSSR count). The van der Waals surface area contributed by atoms with Crippen LogP contribution in [0.5, 0.6) is 0 Å². The van der Waals surface area contributed by atoms with Gasteiger partial charge in [0.2, 0.25) is 0 Å². The first-order chi connectivity index (χ1) is 12.8. The average Bonchev–Trinajstić information content (AvgIpc) is 3.43. The minimum atomic E-state index is 0.0284. The fourth-order valence-electron chi connectivity index (χ4n) is 3.24. The summed E-state index contributed by atoms with van der Waals surface area (Å²) in [6, 6.07) is 11.6. The Morgan fingerprint density at radius 3 is 3.04 bits per heavy atom. The summed E-state index contributed by atoms with van der Waals surface area (Å²) in [6.45, 7) is 2.02. The van der Waals surface area contributed by atoms with Gasteiger partial charge in [0.1, 0.15) is 0 Å². The van der Waals surface area contributed by atoms with Crippen molar-refractivity contribution in [2.24, 2.45) is 0 Å². The van der Waals surface area contributed by atoms with Crippen LogP contribution in [0.15, 0.2) is 59.6 Å². The molecule has 0 bridgehead atoms. The lowest BCUT2D eigenvalue weighted by molar-refractivity contribution is 0.0507. The van der Waals surface area contributed by atoms with E-state index in [4.69, 9.17) is 4.74 Å². The van der Waals surface area contributed by atoms with Crippen LogP contribution in [0.25, 0.3) is 5.69 Å². The zero-order valence-electron chi connectivity index (χ0n) is 14.5. The maximum atomic E-state index is 13.2. The summed E-state index contributed by atoms with van der Waals surface area (Å²) in [6.07, 6.45) is 5.82. The standard InChI is InChI=1S/C20H21N3O2S/c24-20(17-4-1-5-18(12-17)23-9-3-8-21-23)22(13-16-7-11-26-15-16)14-19-6-2-10-25-19/h1,3-5,7-9,11-12,15,19H,2,6,10,13-14H2/t19-/m1/s1. The first kappa shape index (κ1) is 17.0. The van der Waals surface area contributed by atoms with E-state index in [-0.39, 0.29) is 12.0 Å². The van der Waals surface area contributed by atoms with Gasteiger partial charge >= 0.3 is 0 Å². The predicted molar refractivity (Wildman–Crippen MR) is 102 cm³/mol. The molecule has 1 atom stereocenters. The molecule has 1 aliphatic heterocycles. The van der Waals surface area contributed by atoms with Gasteiger partial charge in [-0.2, -0.15) is 16.4 Å². The number of carbonyl (C=O) groups excluding carboxylic acids is 1. The summed E-state index contributed by atoms with van der Waals surface area (Å²) in [5.41, 5.74) is 2.71. The molecule has 2 aromatic heterocycles. The van der Waals surface area contributed by atoms with Crippen LogP contribution in [0, 0.1) is 0 Å². The van der Waals surface area contributed by atoms with Gasteiger partial charge in [-0.05, 0) is 59.5 Å². The van der Waals surface area contributed by atoms with Gasteiger partial charge in [0, 0.05) is 37.7 Å². The molecular weight excluding hydrogens is 346 g/mol. The lowest BCUT2D eigenvalue weighted by Crippen LogP contribution is -2.36. The third kappa shape index (κ3) is 3.86. The zero-order chi connectivity index (χ0) is 17.8. The Labute approximate surface area is 156 Å². The Bertz CT molecular complexity index is 840. The van der Waals surface area contributed by atoms with Gasteiger partial charge in [0.05, 0.1) is 11.8 Å². The minimum Gasteiger partial charge on any atom is -0.376 e. The Hall–Kier alpha value is -2.44. The summed E-state index contributed by atoms with van der Waals surface area (Å²) >= 11 is 1.65. The van der Waals surface area contributed by atoms with Gasteiger partial charge in [-0.3, -0.25) is 4.79 Å². The van der Waals surface area contributed by atoms with E-state index in [1.165, 1.54) is 0 Å². The van der Waals surface area contributed by atoms with Gasteiger partial charge < -0.3 is 9.64 Å². The second-order valence-corrected chi connectivity index (χ2v) is 7.23. The Balaban J connectivity index is 1.57. The molecule has 0 spiro atoms. The van der Waals surface area contributed by atoms with Crippen molar-refractivity contribution in [2.75, 3.05) is 13.2 Å². The highest BCUT2D eigenvalue weighted by Gasteiger charge is 2.24.